The van der Waals surface area contributed by atoms with Gasteiger partial charge in [-0.05, 0) is 23.8 Å². The molecule has 3 rings (SSSR count). The fourth-order valence-corrected chi connectivity index (χ4v) is 4.49. The van der Waals surface area contributed by atoms with Gasteiger partial charge in [-0.15, -0.1) is 11.8 Å². The Balaban J connectivity index is 1.66. The lowest BCUT2D eigenvalue weighted by Gasteiger charge is -2.49. The molecule has 164 valence electrons. The Morgan fingerprint density at radius 3 is 2.71 bits per heavy atom. The zero-order chi connectivity index (χ0) is 22.7. The van der Waals surface area contributed by atoms with Crippen molar-refractivity contribution in [3.8, 4) is 11.5 Å². The second kappa shape index (κ2) is 9.13. The van der Waals surface area contributed by atoms with Crippen LogP contribution in [0.15, 0.2) is 35.5 Å². The molecule has 11 heteroatoms. The number of carboxylic acids is 1. The summed E-state index contributed by atoms with van der Waals surface area (Å²) in [7, 11) is 1.42. The highest BCUT2D eigenvalue weighted by atomic mass is 32.2. The van der Waals surface area contributed by atoms with Gasteiger partial charge in [-0.2, -0.15) is 0 Å². The molecule has 2 amide bonds. The van der Waals surface area contributed by atoms with Crippen LogP contribution in [-0.4, -0.2) is 69.8 Å². The number of β-lactam (4-membered cyclic amide) rings is 1. The zero-order valence-electron chi connectivity index (χ0n) is 16.7. The number of aliphatic carboxylic acids is 1. The topological polar surface area (TPSA) is 142 Å². The fraction of sp³-hybridized carbons (Fsp3) is 0.300. The van der Waals surface area contributed by atoms with Gasteiger partial charge in [0.15, 0.2) is 11.5 Å². The van der Waals surface area contributed by atoms with Gasteiger partial charge in [-0.25, -0.2) is 4.79 Å². The number of hydrogen-bond acceptors (Lipinski definition) is 8. The van der Waals surface area contributed by atoms with Crippen molar-refractivity contribution in [2.45, 2.75) is 18.3 Å². The summed E-state index contributed by atoms with van der Waals surface area (Å²) in [6.45, 7) is 0.996. The predicted molar refractivity (Wildman–Crippen MR) is 110 cm³/mol. The van der Waals surface area contributed by atoms with Gasteiger partial charge in [-0.1, -0.05) is 6.07 Å². The third kappa shape index (κ3) is 4.66. The number of hydrogen-bond donors (Lipinski definition) is 3. The van der Waals surface area contributed by atoms with Gasteiger partial charge < -0.3 is 25.0 Å². The van der Waals surface area contributed by atoms with E-state index in [-0.39, 0.29) is 23.8 Å². The van der Waals surface area contributed by atoms with E-state index >= 15 is 0 Å². The van der Waals surface area contributed by atoms with Crippen LogP contribution in [0.4, 0.5) is 0 Å². The molecule has 1 saturated heterocycles. The van der Waals surface area contributed by atoms with Crippen molar-refractivity contribution in [3.05, 3.63) is 41.1 Å². The third-order valence-corrected chi connectivity index (χ3v) is 5.97. The lowest BCUT2D eigenvalue weighted by molar-refractivity contribution is -0.150. The number of amides is 2. The maximum absolute atomic E-state index is 12.5. The molecule has 0 unspecified atom stereocenters. The molecule has 0 spiro atoms. The molecule has 1 aromatic rings. The lowest BCUT2D eigenvalue weighted by atomic mass is 10.0. The van der Waals surface area contributed by atoms with Crippen LogP contribution in [-0.2, 0) is 23.9 Å². The van der Waals surface area contributed by atoms with Crippen LogP contribution in [0.2, 0.25) is 0 Å². The number of rotatable bonds is 7. The molecule has 31 heavy (non-hydrogen) atoms. The minimum absolute atomic E-state index is 0.0778. The Kier molecular flexibility index (Phi) is 6.54. The van der Waals surface area contributed by atoms with Crippen LogP contribution in [0.5, 0.6) is 11.5 Å². The van der Waals surface area contributed by atoms with Crippen molar-refractivity contribution in [2.75, 3.05) is 19.5 Å². The Labute approximate surface area is 181 Å². The zero-order valence-corrected chi connectivity index (χ0v) is 17.5. The summed E-state index contributed by atoms with van der Waals surface area (Å²) in [4.78, 5) is 48.6. The highest BCUT2D eigenvalue weighted by molar-refractivity contribution is 8.00. The molecule has 0 aliphatic carbocycles. The molecule has 2 atom stereocenters. The maximum Gasteiger partial charge on any atom is 0.352 e. The highest BCUT2D eigenvalue weighted by Gasteiger charge is 2.54. The molecule has 2 aliphatic heterocycles. The number of phenolic OH excluding ortho intramolecular Hbond substituents is 1. The number of fused-ring (bicyclic) bond motifs is 1. The SMILES string of the molecule is COc1ccc(/C=C/C(=O)N[C@@H]2C(=O)N3C(C(=O)O)=C(COC(C)=O)CS[C@H]23)cc1O. The molecule has 0 aromatic heterocycles. The number of nitrogens with one attached hydrogen (secondary N) is 1. The van der Waals surface area contributed by atoms with E-state index < -0.39 is 35.2 Å². The number of carbonyl (C=O) groups is 4. The number of aromatic hydroxyl groups is 1. The molecule has 2 aliphatic rings. The fourth-order valence-electron chi connectivity index (χ4n) is 3.17. The van der Waals surface area contributed by atoms with Gasteiger partial charge in [-0.3, -0.25) is 19.3 Å². The molecular weight excluding hydrogens is 428 g/mol. The van der Waals surface area contributed by atoms with Crippen LogP contribution in [0.25, 0.3) is 6.08 Å². The van der Waals surface area contributed by atoms with Crippen molar-refractivity contribution in [3.63, 3.8) is 0 Å². The average molecular weight is 448 g/mol. The molecule has 1 fully saturated rings. The second-order valence-electron chi connectivity index (χ2n) is 6.70. The number of benzene rings is 1. The van der Waals surface area contributed by atoms with E-state index in [1.54, 1.807) is 12.1 Å². The van der Waals surface area contributed by atoms with E-state index in [9.17, 15) is 29.4 Å². The van der Waals surface area contributed by atoms with Gasteiger partial charge in [0.2, 0.25) is 5.91 Å². The summed E-state index contributed by atoms with van der Waals surface area (Å²) < 4.78 is 9.83. The molecule has 0 radical (unpaired) electrons. The average Bonchev–Trinajstić information content (AvgIpc) is 2.73. The third-order valence-electron chi connectivity index (χ3n) is 4.63. The standard InChI is InChI=1S/C20H20N2O8S/c1-10(23)30-8-12-9-31-19-16(18(26)22(19)17(12)20(27)28)21-15(25)6-4-11-3-5-14(29-2)13(24)7-11/h3-7,16,19,24H,8-9H2,1-2H3,(H,21,25)(H,27,28)/b6-4+/t16-,19-/m1/s1. The number of nitrogens with zero attached hydrogens (tertiary/aromatic N) is 1. The molecule has 0 saturated carbocycles. The Morgan fingerprint density at radius 2 is 2.10 bits per heavy atom. The summed E-state index contributed by atoms with van der Waals surface area (Å²) >= 11 is 1.28. The number of phenols is 1. The molecular formula is C20H20N2O8S. The van der Waals surface area contributed by atoms with Crippen molar-refractivity contribution >= 4 is 41.6 Å². The minimum Gasteiger partial charge on any atom is -0.504 e. The number of thioether (sulfide) groups is 1. The van der Waals surface area contributed by atoms with Gasteiger partial charge >= 0.3 is 11.9 Å². The Morgan fingerprint density at radius 1 is 1.35 bits per heavy atom. The van der Waals surface area contributed by atoms with Crippen LogP contribution >= 0.6 is 11.8 Å². The van der Waals surface area contributed by atoms with Gasteiger partial charge in [0.05, 0.1) is 7.11 Å². The highest BCUT2D eigenvalue weighted by Crippen LogP contribution is 2.40. The van der Waals surface area contributed by atoms with Crippen molar-refractivity contribution in [2.24, 2.45) is 0 Å². The summed E-state index contributed by atoms with van der Waals surface area (Å²) in [5.41, 5.74) is 0.652. The first-order valence-corrected chi connectivity index (χ1v) is 10.2. The van der Waals surface area contributed by atoms with Crippen molar-refractivity contribution in [1.29, 1.82) is 0 Å². The first kappa shape index (κ1) is 22.2. The van der Waals surface area contributed by atoms with E-state index in [1.165, 1.54) is 44.0 Å². The normalized spacial score (nSPS) is 20.2. The van der Waals surface area contributed by atoms with Crippen LogP contribution in [0, 0.1) is 0 Å². The summed E-state index contributed by atoms with van der Waals surface area (Å²) in [5, 5.41) is 21.3. The van der Waals surface area contributed by atoms with Gasteiger partial charge in [0, 0.05) is 24.3 Å². The Hall–Kier alpha value is -3.47. The molecule has 3 N–H and O–H groups in total. The predicted octanol–water partition coefficient (Wildman–Crippen LogP) is 0.716. The van der Waals surface area contributed by atoms with Gasteiger partial charge in [0.25, 0.3) is 5.91 Å². The van der Waals surface area contributed by atoms with E-state index in [0.717, 1.165) is 4.90 Å². The molecule has 2 heterocycles. The summed E-state index contributed by atoms with van der Waals surface area (Å²) in [6.07, 6.45) is 2.67. The first-order chi connectivity index (χ1) is 14.7. The number of methoxy groups -OCH3 is 1. The lowest BCUT2D eigenvalue weighted by Crippen LogP contribution is -2.70. The molecule has 0 bridgehead atoms. The van der Waals surface area contributed by atoms with E-state index in [0.29, 0.717) is 16.9 Å². The van der Waals surface area contributed by atoms with E-state index in [4.69, 9.17) is 9.47 Å². The number of carboxylic acid groups (broad SMARTS) is 1. The number of ether oxygens (including phenoxy) is 2. The van der Waals surface area contributed by atoms with Crippen LogP contribution in [0.1, 0.15) is 12.5 Å². The first-order valence-electron chi connectivity index (χ1n) is 9.12. The van der Waals surface area contributed by atoms with Crippen LogP contribution in [0.3, 0.4) is 0 Å². The smallest absolute Gasteiger partial charge is 0.352 e. The number of esters is 1. The molecule has 10 nitrogen and oxygen atoms in total. The monoisotopic (exact) mass is 448 g/mol. The van der Waals surface area contributed by atoms with E-state index in [2.05, 4.69) is 5.32 Å². The summed E-state index contributed by atoms with van der Waals surface area (Å²) in [5.74, 6) is -2.49. The van der Waals surface area contributed by atoms with Crippen molar-refractivity contribution in [1.82, 2.24) is 10.2 Å². The van der Waals surface area contributed by atoms with Crippen molar-refractivity contribution < 1.29 is 38.9 Å². The van der Waals surface area contributed by atoms with Gasteiger partial charge in [0.1, 0.15) is 23.7 Å². The van der Waals surface area contributed by atoms with Crippen LogP contribution < -0.4 is 10.1 Å². The largest absolute Gasteiger partial charge is 0.504 e. The van der Waals surface area contributed by atoms with E-state index in [1.807, 2.05) is 0 Å². The quantitative estimate of drug-likeness (QED) is 0.312. The minimum atomic E-state index is -1.30. The second-order valence-corrected chi connectivity index (χ2v) is 7.80. The Bertz CT molecular complexity index is 1000. The number of carbonyl (C=O) groups excluding carboxylic acids is 3. The molecule has 1 aromatic carbocycles. The summed E-state index contributed by atoms with van der Waals surface area (Å²) in [6, 6.07) is 3.73. The maximum atomic E-state index is 12.5.